The van der Waals surface area contributed by atoms with Gasteiger partial charge in [-0.2, -0.15) is 8.42 Å². The van der Waals surface area contributed by atoms with Gasteiger partial charge < -0.3 is 14.8 Å². The summed E-state index contributed by atoms with van der Waals surface area (Å²) in [6.45, 7) is 14.9. The van der Waals surface area contributed by atoms with Gasteiger partial charge in [0, 0.05) is 17.5 Å². The van der Waals surface area contributed by atoms with Crippen LogP contribution in [0.15, 0.2) is 49.6 Å². The summed E-state index contributed by atoms with van der Waals surface area (Å²) in [4.78, 5) is 25.7. The molecular formula is C31H40FNO7S. The van der Waals surface area contributed by atoms with Crippen LogP contribution in [0.1, 0.15) is 60.9 Å². The molecule has 0 unspecified atom stereocenters. The predicted octanol–water partition coefficient (Wildman–Crippen LogP) is 5.79. The Hall–Kier alpha value is -3.50. The van der Waals surface area contributed by atoms with Crippen LogP contribution in [0.3, 0.4) is 0 Å². The molecular weight excluding hydrogens is 549 g/mol. The summed E-state index contributed by atoms with van der Waals surface area (Å²) in [7, 11) is -4.00. The van der Waals surface area contributed by atoms with Gasteiger partial charge in [0.05, 0.1) is 31.9 Å². The molecule has 0 saturated carbocycles. The van der Waals surface area contributed by atoms with Crippen LogP contribution in [-0.2, 0) is 28.6 Å². The Labute approximate surface area is 242 Å². The van der Waals surface area contributed by atoms with Gasteiger partial charge in [0.1, 0.15) is 11.6 Å². The Kier molecular flexibility index (Phi) is 12.7. The highest BCUT2D eigenvalue weighted by Crippen LogP contribution is 2.38. The van der Waals surface area contributed by atoms with Crippen molar-refractivity contribution in [2.24, 2.45) is 0 Å². The molecule has 0 spiro atoms. The van der Waals surface area contributed by atoms with Crippen molar-refractivity contribution in [2.45, 2.75) is 65.5 Å². The molecule has 1 N–H and O–H groups in total. The molecule has 0 aliphatic rings. The van der Waals surface area contributed by atoms with Gasteiger partial charge in [0.2, 0.25) is 0 Å². The number of carbonyl (C=O) groups is 2. The van der Waals surface area contributed by atoms with E-state index in [0.29, 0.717) is 17.9 Å². The van der Waals surface area contributed by atoms with Crippen molar-refractivity contribution in [3.05, 3.63) is 77.6 Å². The zero-order valence-electron chi connectivity index (χ0n) is 24.4. The molecule has 0 heterocycles. The quantitative estimate of drug-likeness (QED) is 0.114. The fraction of sp³-hybridized carbons (Fsp3) is 0.419. The number of esters is 1. The summed E-state index contributed by atoms with van der Waals surface area (Å²) in [6.07, 6.45) is 3.58. The van der Waals surface area contributed by atoms with Gasteiger partial charge in [-0.25, -0.2) is 4.39 Å². The summed E-state index contributed by atoms with van der Waals surface area (Å²) < 4.78 is 55.4. The Morgan fingerprint density at radius 2 is 1.78 bits per heavy atom. The van der Waals surface area contributed by atoms with Crippen LogP contribution in [0.5, 0.6) is 5.75 Å². The monoisotopic (exact) mass is 589 g/mol. The van der Waals surface area contributed by atoms with E-state index in [2.05, 4.69) is 18.5 Å². The van der Waals surface area contributed by atoms with Crippen LogP contribution in [0.2, 0.25) is 0 Å². The van der Waals surface area contributed by atoms with Gasteiger partial charge in [-0.05, 0) is 81.0 Å². The van der Waals surface area contributed by atoms with E-state index in [-0.39, 0.29) is 24.2 Å². The lowest BCUT2D eigenvalue weighted by Gasteiger charge is -2.24. The zero-order valence-corrected chi connectivity index (χ0v) is 25.2. The Balaban J connectivity index is 2.63. The summed E-state index contributed by atoms with van der Waals surface area (Å²) in [5, 5.41) is 2.61. The third-order valence-electron chi connectivity index (χ3n) is 6.16. The van der Waals surface area contributed by atoms with Gasteiger partial charge >= 0.3 is 5.97 Å². The molecule has 0 aliphatic heterocycles. The molecule has 2 rings (SSSR count). The average molecular weight is 590 g/mol. The minimum absolute atomic E-state index is 0.0377. The Morgan fingerprint density at radius 3 is 2.39 bits per heavy atom. The van der Waals surface area contributed by atoms with E-state index in [1.54, 1.807) is 26.0 Å². The molecule has 41 heavy (non-hydrogen) atoms. The molecule has 2 aromatic rings. The number of hydrogen-bond donors (Lipinski definition) is 1. The third-order valence-corrected chi connectivity index (χ3v) is 6.74. The highest BCUT2D eigenvalue weighted by atomic mass is 32.2. The molecule has 224 valence electrons. The first-order chi connectivity index (χ1) is 19.3. The number of allylic oxidation sites excluding steroid dienone is 1. The predicted molar refractivity (Wildman–Crippen MR) is 158 cm³/mol. The van der Waals surface area contributed by atoms with E-state index in [1.807, 2.05) is 32.1 Å². The van der Waals surface area contributed by atoms with Crippen molar-refractivity contribution in [3.8, 4) is 16.9 Å². The van der Waals surface area contributed by atoms with E-state index in [4.69, 9.17) is 13.7 Å². The highest BCUT2D eigenvalue weighted by Gasteiger charge is 2.29. The fourth-order valence-electron chi connectivity index (χ4n) is 4.46. The van der Waals surface area contributed by atoms with Crippen LogP contribution in [0.4, 0.5) is 4.39 Å². The maximum Gasteiger partial charge on any atom is 0.308 e. The zero-order chi connectivity index (χ0) is 30.7. The summed E-state index contributed by atoms with van der Waals surface area (Å²) in [5.74, 6) is -1.50. The van der Waals surface area contributed by atoms with Gasteiger partial charge in [0.25, 0.3) is 16.0 Å². The molecule has 1 amide bonds. The number of aryl methyl sites for hydroxylation is 3. The highest BCUT2D eigenvalue weighted by molar-refractivity contribution is 7.86. The largest absolute Gasteiger partial charge is 0.493 e. The van der Waals surface area contributed by atoms with Crippen molar-refractivity contribution in [1.29, 1.82) is 0 Å². The molecule has 0 saturated heterocycles. The maximum atomic E-state index is 15.7. The van der Waals surface area contributed by atoms with Gasteiger partial charge in [-0.1, -0.05) is 18.2 Å². The van der Waals surface area contributed by atoms with Crippen molar-refractivity contribution in [1.82, 2.24) is 5.32 Å². The molecule has 0 bridgehead atoms. The molecule has 0 aromatic heterocycles. The topological polar surface area (TPSA) is 108 Å². The lowest BCUT2D eigenvalue weighted by Crippen LogP contribution is -2.40. The van der Waals surface area contributed by atoms with Crippen molar-refractivity contribution < 1.29 is 36.1 Å². The fourth-order valence-corrected chi connectivity index (χ4v) is 5.05. The number of carbonyl (C=O) groups excluding carboxylic acids is 2. The van der Waals surface area contributed by atoms with E-state index >= 15 is 4.39 Å². The van der Waals surface area contributed by atoms with E-state index in [1.165, 1.54) is 6.08 Å². The van der Waals surface area contributed by atoms with Crippen LogP contribution in [0.25, 0.3) is 11.1 Å². The van der Waals surface area contributed by atoms with Crippen LogP contribution >= 0.6 is 0 Å². The number of unbranched alkanes of at least 4 members (excludes halogenated alkanes) is 1. The number of benzene rings is 2. The standard InChI is InChI=1S/C31H40FNO7S/c1-8-11-12-14-39-27-16-20(4)15-21(5)29(27)23-17-22(6)30(32)24(18-23)25(19-28(34)38-10-3)33-31(35)26(13-9-2)40-41(7,36)37/h8-9,15-18,25-26H,1-2,10-14,19H2,3-7H3,(H,33,35)/t25-,26+/m0/s1. The number of nitrogens with one attached hydrogen (secondary N) is 1. The van der Waals surface area contributed by atoms with E-state index < -0.39 is 46.4 Å². The minimum atomic E-state index is -4.00. The number of amides is 1. The number of ether oxygens (including phenoxy) is 2. The number of rotatable bonds is 16. The SMILES string of the molecule is C=CCCCOc1cc(C)cc(C)c1-c1cc(C)c(F)c([C@H](CC(=O)OCC)NC(=O)[C@@H](CC=C)OS(C)(=O)=O)c1. The molecule has 8 nitrogen and oxygen atoms in total. The summed E-state index contributed by atoms with van der Waals surface area (Å²) in [5.41, 5.74) is 3.61. The second-order valence-corrected chi connectivity index (χ2v) is 11.4. The first kappa shape index (κ1) is 33.7. The minimum Gasteiger partial charge on any atom is -0.493 e. The van der Waals surface area contributed by atoms with Crippen molar-refractivity contribution in [2.75, 3.05) is 19.5 Å². The second kappa shape index (κ2) is 15.5. The first-order valence-electron chi connectivity index (χ1n) is 13.4. The van der Waals surface area contributed by atoms with Gasteiger partial charge in [-0.15, -0.1) is 13.2 Å². The smallest absolute Gasteiger partial charge is 0.308 e. The maximum absolute atomic E-state index is 15.7. The Morgan fingerprint density at radius 1 is 1.07 bits per heavy atom. The lowest BCUT2D eigenvalue weighted by atomic mass is 9.91. The average Bonchev–Trinajstić information content (AvgIpc) is 2.86. The summed E-state index contributed by atoms with van der Waals surface area (Å²) in [6, 6.07) is 5.97. The molecule has 10 heteroatoms. The molecule has 2 atom stereocenters. The van der Waals surface area contributed by atoms with Crippen LogP contribution < -0.4 is 10.1 Å². The summed E-state index contributed by atoms with van der Waals surface area (Å²) >= 11 is 0. The van der Waals surface area contributed by atoms with Crippen molar-refractivity contribution >= 4 is 22.0 Å². The molecule has 0 aliphatic carbocycles. The molecule has 0 radical (unpaired) electrons. The number of halogens is 1. The van der Waals surface area contributed by atoms with Crippen LogP contribution in [0, 0.1) is 26.6 Å². The number of hydrogen-bond acceptors (Lipinski definition) is 7. The molecule has 0 fully saturated rings. The van der Waals surface area contributed by atoms with E-state index in [9.17, 15) is 18.0 Å². The van der Waals surface area contributed by atoms with E-state index in [0.717, 1.165) is 35.8 Å². The molecule has 2 aromatic carbocycles. The normalized spacial score (nSPS) is 12.7. The van der Waals surface area contributed by atoms with Crippen LogP contribution in [-0.4, -0.2) is 45.9 Å². The Bertz CT molecular complexity index is 1370. The second-order valence-electron chi connectivity index (χ2n) is 9.81. The van der Waals surface area contributed by atoms with Gasteiger partial charge in [-0.3, -0.25) is 13.8 Å². The lowest BCUT2D eigenvalue weighted by molar-refractivity contribution is -0.144. The first-order valence-corrected chi connectivity index (χ1v) is 15.2. The third kappa shape index (κ3) is 10.1. The van der Waals surface area contributed by atoms with Gasteiger partial charge in [0.15, 0.2) is 6.10 Å². The van der Waals surface area contributed by atoms with Crippen molar-refractivity contribution in [3.63, 3.8) is 0 Å².